The van der Waals surface area contributed by atoms with Crippen molar-refractivity contribution < 1.29 is 14.3 Å². The Bertz CT molecular complexity index is 1250. The number of nitrogens with zero attached hydrogens (tertiary/aromatic N) is 2. The molecular weight excluding hydrogens is 458 g/mol. The molecule has 3 aromatic rings. The van der Waals surface area contributed by atoms with E-state index in [-0.39, 0.29) is 17.2 Å². The van der Waals surface area contributed by atoms with Crippen LogP contribution in [0, 0.1) is 13.8 Å². The molecular formula is C24H25N3O4S2. The van der Waals surface area contributed by atoms with Gasteiger partial charge in [-0.25, -0.2) is 4.98 Å². The summed E-state index contributed by atoms with van der Waals surface area (Å²) in [5.74, 6) is 1.86. The molecule has 0 spiro atoms. The molecule has 2 heterocycles. The number of fused-ring (bicyclic) bond motifs is 1. The Balaban J connectivity index is 1.61. The van der Waals surface area contributed by atoms with Gasteiger partial charge in [-0.1, -0.05) is 17.8 Å². The van der Waals surface area contributed by atoms with E-state index in [4.69, 9.17) is 14.5 Å². The molecule has 0 unspecified atom stereocenters. The molecule has 1 aromatic heterocycles. The van der Waals surface area contributed by atoms with Gasteiger partial charge >= 0.3 is 0 Å². The van der Waals surface area contributed by atoms with E-state index in [1.165, 1.54) is 18.9 Å². The van der Waals surface area contributed by atoms with Crippen LogP contribution in [0.15, 0.2) is 51.2 Å². The van der Waals surface area contributed by atoms with Crippen molar-refractivity contribution in [2.24, 2.45) is 0 Å². The maximum absolute atomic E-state index is 13.3. The van der Waals surface area contributed by atoms with Crippen molar-refractivity contribution in [2.75, 3.05) is 31.0 Å². The van der Waals surface area contributed by atoms with Gasteiger partial charge in [-0.3, -0.25) is 14.2 Å². The number of carbonyl (C=O) groups is 1. The van der Waals surface area contributed by atoms with E-state index in [0.29, 0.717) is 27.2 Å². The Morgan fingerprint density at radius 3 is 2.61 bits per heavy atom. The first kappa shape index (κ1) is 23.3. The summed E-state index contributed by atoms with van der Waals surface area (Å²) < 4.78 is 12.2. The fourth-order valence-electron chi connectivity index (χ4n) is 3.71. The van der Waals surface area contributed by atoms with Crippen molar-refractivity contribution in [3.8, 4) is 17.2 Å². The van der Waals surface area contributed by atoms with Crippen LogP contribution in [0.4, 0.5) is 5.69 Å². The average Bonchev–Trinajstić information content (AvgIpc) is 3.26. The van der Waals surface area contributed by atoms with E-state index in [0.717, 1.165) is 34.7 Å². The lowest BCUT2D eigenvalue weighted by Gasteiger charge is -2.15. The molecule has 0 atom stereocenters. The fourth-order valence-corrected chi connectivity index (χ4v) is 5.57. The van der Waals surface area contributed by atoms with Crippen molar-refractivity contribution in [3.05, 3.63) is 63.6 Å². The summed E-state index contributed by atoms with van der Waals surface area (Å²) in [6, 6.07) is 11.2. The minimum atomic E-state index is -0.223. The van der Waals surface area contributed by atoms with E-state index in [9.17, 15) is 9.59 Å². The van der Waals surface area contributed by atoms with Crippen LogP contribution in [-0.2, 0) is 11.2 Å². The zero-order valence-electron chi connectivity index (χ0n) is 18.9. The molecule has 1 aliphatic heterocycles. The highest BCUT2D eigenvalue weighted by atomic mass is 32.2. The monoisotopic (exact) mass is 483 g/mol. The van der Waals surface area contributed by atoms with Crippen molar-refractivity contribution in [2.45, 2.75) is 30.3 Å². The molecule has 0 saturated carbocycles. The minimum absolute atomic E-state index is 0.0766. The molecule has 0 radical (unpaired) electrons. The van der Waals surface area contributed by atoms with Crippen molar-refractivity contribution in [1.82, 2.24) is 9.55 Å². The molecule has 1 aliphatic rings. The SMILES string of the molecule is COc1ccc(NC(=O)CSc2nc3c(c(=O)n2-c2cc(C)cc(C)c2)SCC3)c(OC)c1. The van der Waals surface area contributed by atoms with E-state index < -0.39 is 0 Å². The third-order valence-electron chi connectivity index (χ3n) is 5.15. The maximum Gasteiger partial charge on any atom is 0.272 e. The van der Waals surface area contributed by atoms with E-state index in [1.807, 2.05) is 26.0 Å². The van der Waals surface area contributed by atoms with Crippen LogP contribution in [0.25, 0.3) is 5.69 Å². The van der Waals surface area contributed by atoms with Crippen molar-refractivity contribution in [3.63, 3.8) is 0 Å². The molecule has 9 heteroatoms. The maximum atomic E-state index is 13.3. The standard InChI is InChI=1S/C24H25N3O4S2/c1-14-9-15(2)11-16(10-14)27-23(29)22-19(7-8-32-22)26-24(27)33-13-21(28)25-18-6-5-17(30-3)12-20(18)31-4/h5-6,9-12H,7-8,13H2,1-4H3,(H,25,28). The first-order valence-electron chi connectivity index (χ1n) is 10.4. The molecule has 0 fully saturated rings. The summed E-state index contributed by atoms with van der Waals surface area (Å²) in [4.78, 5) is 31.6. The summed E-state index contributed by atoms with van der Waals surface area (Å²) in [6.07, 6.45) is 0.756. The Hall–Kier alpha value is -2.91. The Morgan fingerprint density at radius 2 is 1.91 bits per heavy atom. The Labute approximate surface area is 200 Å². The number of hydrogen-bond acceptors (Lipinski definition) is 7. The number of amides is 1. The largest absolute Gasteiger partial charge is 0.497 e. The van der Waals surface area contributed by atoms with Crippen LogP contribution in [0.2, 0.25) is 0 Å². The molecule has 172 valence electrons. The number of ether oxygens (including phenoxy) is 2. The molecule has 2 aromatic carbocycles. The summed E-state index contributed by atoms with van der Waals surface area (Å²) in [7, 11) is 3.11. The first-order valence-corrected chi connectivity index (χ1v) is 12.4. The summed E-state index contributed by atoms with van der Waals surface area (Å²) >= 11 is 2.79. The second-order valence-corrected chi connectivity index (χ2v) is 9.71. The van der Waals surface area contributed by atoms with Gasteiger partial charge in [0.2, 0.25) is 5.91 Å². The van der Waals surface area contributed by atoms with Crippen LogP contribution in [0.3, 0.4) is 0 Å². The third-order valence-corrected chi connectivity index (χ3v) is 7.19. The van der Waals surface area contributed by atoms with Gasteiger partial charge in [-0.2, -0.15) is 0 Å². The number of hydrogen-bond donors (Lipinski definition) is 1. The predicted molar refractivity (Wildman–Crippen MR) is 133 cm³/mol. The second kappa shape index (κ2) is 9.93. The quantitative estimate of drug-likeness (QED) is 0.397. The molecule has 33 heavy (non-hydrogen) atoms. The molecule has 0 bridgehead atoms. The van der Waals surface area contributed by atoms with Gasteiger partial charge < -0.3 is 14.8 Å². The van der Waals surface area contributed by atoms with Gasteiger partial charge in [0.25, 0.3) is 5.56 Å². The van der Waals surface area contributed by atoms with Gasteiger partial charge in [-0.05, 0) is 49.2 Å². The summed E-state index contributed by atoms with van der Waals surface area (Å²) in [5.41, 5.74) is 4.17. The third kappa shape index (κ3) is 5.04. The lowest BCUT2D eigenvalue weighted by molar-refractivity contribution is -0.113. The van der Waals surface area contributed by atoms with Crippen molar-refractivity contribution >= 4 is 35.1 Å². The van der Waals surface area contributed by atoms with Gasteiger partial charge in [0.05, 0.1) is 41.9 Å². The molecule has 1 amide bonds. The number of thioether (sulfide) groups is 2. The summed E-state index contributed by atoms with van der Waals surface area (Å²) in [6.45, 7) is 4.00. The van der Waals surface area contributed by atoms with Gasteiger partial charge in [0, 0.05) is 18.2 Å². The van der Waals surface area contributed by atoms with Gasteiger partial charge in [0.15, 0.2) is 5.16 Å². The van der Waals surface area contributed by atoms with Crippen LogP contribution in [-0.4, -0.2) is 41.2 Å². The Morgan fingerprint density at radius 1 is 1.15 bits per heavy atom. The van der Waals surface area contributed by atoms with Crippen LogP contribution in [0.5, 0.6) is 11.5 Å². The lowest BCUT2D eigenvalue weighted by atomic mass is 10.1. The normalized spacial score (nSPS) is 12.4. The van der Waals surface area contributed by atoms with Gasteiger partial charge in [-0.15, -0.1) is 11.8 Å². The first-order chi connectivity index (χ1) is 15.9. The van der Waals surface area contributed by atoms with E-state index >= 15 is 0 Å². The Kier molecular flexibility index (Phi) is 6.99. The summed E-state index contributed by atoms with van der Waals surface area (Å²) in [5, 5.41) is 3.38. The van der Waals surface area contributed by atoms with Crippen molar-refractivity contribution in [1.29, 1.82) is 0 Å². The van der Waals surface area contributed by atoms with Crippen LogP contribution >= 0.6 is 23.5 Å². The topological polar surface area (TPSA) is 82.5 Å². The highest BCUT2D eigenvalue weighted by Crippen LogP contribution is 2.31. The smallest absolute Gasteiger partial charge is 0.272 e. The number of methoxy groups -OCH3 is 2. The van der Waals surface area contributed by atoms with Gasteiger partial charge in [0.1, 0.15) is 11.5 Å². The highest BCUT2D eigenvalue weighted by Gasteiger charge is 2.23. The van der Waals surface area contributed by atoms with Crippen LogP contribution in [0.1, 0.15) is 16.8 Å². The molecule has 1 N–H and O–H groups in total. The molecule has 0 saturated heterocycles. The number of aryl methyl sites for hydroxylation is 3. The number of rotatable bonds is 7. The molecule has 0 aliphatic carbocycles. The minimum Gasteiger partial charge on any atom is -0.497 e. The molecule has 7 nitrogen and oxygen atoms in total. The van der Waals surface area contributed by atoms with E-state index in [2.05, 4.69) is 11.4 Å². The molecule has 4 rings (SSSR count). The average molecular weight is 484 g/mol. The van der Waals surface area contributed by atoms with Crippen LogP contribution < -0.4 is 20.3 Å². The zero-order chi connectivity index (χ0) is 23.5. The predicted octanol–water partition coefficient (Wildman–Crippen LogP) is 4.25. The number of carbonyl (C=O) groups excluding carboxylic acids is 1. The highest BCUT2D eigenvalue weighted by molar-refractivity contribution is 8.00. The van der Waals surface area contributed by atoms with E-state index in [1.54, 1.807) is 41.6 Å². The number of nitrogens with one attached hydrogen (secondary N) is 1. The second-order valence-electron chi connectivity index (χ2n) is 7.66. The number of benzene rings is 2. The zero-order valence-corrected chi connectivity index (χ0v) is 20.6. The number of aromatic nitrogens is 2. The lowest BCUT2D eigenvalue weighted by Crippen LogP contribution is -2.25. The number of anilines is 1. The fraction of sp³-hybridized carbons (Fsp3) is 0.292.